The van der Waals surface area contributed by atoms with E-state index in [4.69, 9.17) is 0 Å². The van der Waals surface area contributed by atoms with Crippen LogP contribution in [0.5, 0.6) is 0 Å². The summed E-state index contributed by atoms with van der Waals surface area (Å²) in [5.41, 5.74) is 0.932. The van der Waals surface area contributed by atoms with Crippen molar-refractivity contribution in [3.8, 4) is 11.6 Å². The van der Waals surface area contributed by atoms with E-state index in [0.29, 0.717) is 11.6 Å². The van der Waals surface area contributed by atoms with Gasteiger partial charge in [-0.3, -0.25) is 5.10 Å². The summed E-state index contributed by atoms with van der Waals surface area (Å²) in [5, 5.41) is 9.83. The average molecular weight is 246 g/mol. The topological polar surface area (TPSA) is 79.4 Å². The molecular weight excluding hydrogens is 228 g/mol. The van der Waals surface area contributed by atoms with E-state index in [-0.39, 0.29) is 5.41 Å². The summed E-state index contributed by atoms with van der Waals surface area (Å²) in [5.74, 6) is 1.96. The molecule has 0 aliphatic heterocycles. The van der Waals surface area contributed by atoms with Crippen LogP contribution < -0.4 is 5.32 Å². The lowest BCUT2D eigenvalue weighted by Gasteiger charge is -2.19. The van der Waals surface area contributed by atoms with Gasteiger partial charge in [0, 0.05) is 18.0 Å². The maximum Gasteiger partial charge on any atom is 0.199 e. The molecule has 2 aromatic rings. The number of H-pyrrole nitrogens is 1. The van der Waals surface area contributed by atoms with E-state index in [1.54, 1.807) is 0 Å². The predicted octanol–water partition coefficient (Wildman–Crippen LogP) is 1.99. The summed E-state index contributed by atoms with van der Waals surface area (Å²) >= 11 is 0. The fraction of sp³-hybridized carbons (Fsp3) is 0.500. The van der Waals surface area contributed by atoms with E-state index < -0.39 is 0 Å². The zero-order valence-electron chi connectivity index (χ0n) is 11.2. The largest absolute Gasteiger partial charge is 0.370 e. The Balaban J connectivity index is 2.50. The molecule has 0 radical (unpaired) electrons. The summed E-state index contributed by atoms with van der Waals surface area (Å²) in [6.45, 7) is 9.21. The van der Waals surface area contributed by atoms with Crippen molar-refractivity contribution in [2.24, 2.45) is 0 Å². The van der Waals surface area contributed by atoms with E-state index in [1.807, 2.05) is 13.0 Å². The van der Waals surface area contributed by atoms with E-state index in [0.717, 1.165) is 18.1 Å². The fourth-order valence-electron chi connectivity index (χ4n) is 1.52. The second kappa shape index (κ2) is 4.72. The predicted molar refractivity (Wildman–Crippen MR) is 70.3 cm³/mol. The first kappa shape index (κ1) is 12.5. The molecule has 18 heavy (non-hydrogen) atoms. The second-order valence-corrected chi connectivity index (χ2v) is 5.08. The number of hydrogen-bond donors (Lipinski definition) is 2. The SMILES string of the molecule is CCNc1cc(C(C)(C)C)nc(-c2ncn[nH]2)n1. The molecule has 0 amide bonds. The molecule has 0 fully saturated rings. The highest BCUT2D eigenvalue weighted by Crippen LogP contribution is 2.24. The van der Waals surface area contributed by atoms with Crippen LogP contribution in [0.1, 0.15) is 33.4 Å². The molecule has 0 bridgehead atoms. The number of nitrogens with zero attached hydrogens (tertiary/aromatic N) is 4. The van der Waals surface area contributed by atoms with Crippen LogP contribution in [0.3, 0.4) is 0 Å². The van der Waals surface area contributed by atoms with Crippen LogP contribution in [0.2, 0.25) is 0 Å². The highest BCUT2D eigenvalue weighted by atomic mass is 15.2. The van der Waals surface area contributed by atoms with E-state index in [1.165, 1.54) is 6.33 Å². The molecule has 0 spiro atoms. The number of aromatic nitrogens is 5. The highest BCUT2D eigenvalue weighted by Gasteiger charge is 2.19. The van der Waals surface area contributed by atoms with Crippen LogP contribution in [0, 0.1) is 0 Å². The lowest BCUT2D eigenvalue weighted by molar-refractivity contribution is 0.568. The highest BCUT2D eigenvalue weighted by molar-refractivity contribution is 5.49. The minimum absolute atomic E-state index is 0.0398. The van der Waals surface area contributed by atoms with Gasteiger partial charge in [0.2, 0.25) is 0 Å². The number of hydrogen-bond acceptors (Lipinski definition) is 5. The van der Waals surface area contributed by atoms with Crippen molar-refractivity contribution in [3.63, 3.8) is 0 Å². The average Bonchev–Trinajstić information content (AvgIpc) is 2.81. The van der Waals surface area contributed by atoms with Crippen LogP contribution in [-0.4, -0.2) is 31.7 Å². The van der Waals surface area contributed by atoms with Crippen LogP contribution in [0.4, 0.5) is 5.82 Å². The lowest BCUT2D eigenvalue weighted by atomic mass is 9.92. The van der Waals surface area contributed by atoms with Gasteiger partial charge in [-0.05, 0) is 6.92 Å². The monoisotopic (exact) mass is 246 g/mol. The summed E-state index contributed by atoms with van der Waals surface area (Å²) in [6.07, 6.45) is 1.45. The van der Waals surface area contributed by atoms with Gasteiger partial charge in [-0.2, -0.15) is 5.10 Å². The Kier molecular flexibility index (Phi) is 3.27. The molecule has 0 aliphatic carbocycles. The lowest BCUT2D eigenvalue weighted by Crippen LogP contribution is -2.16. The van der Waals surface area contributed by atoms with Gasteiger partial charge >= 0.3 is 0 Å². The third kappa shape index (κ3) is 2.64. The number of aromatic amines is 1. The molecule has 0 unspecified atom stereocenters. The van der Waals surface area contributed by atoms with Crippen molar-refractivity contribution < 1.29 is 0 Å². The molecule has 96 valence electrons. The van der Waals surface area contributed by atoms with Crippen molar-refractivity contribution >= 4 is 5.82 Å². The quantitative estimate of drug-likeness (QED) is 0.865. The summed E-state index contributed by atoms with van der Waals surface area (Å²) in [4.78, 5) is 13.1. The zero-order valence-corrected chi connectivity index (χ0v) is 11.2. The molecule has 0 aromatic carbocycles. The van der Waals surface area contributed by atoms with E-state index in [2.05, 4.69) is 51.2 Å². The van der Waals surface area contributed by atoms with Crippen molar-refractivity contribution in [1.82, 2.24) is 25.1 Å². The number of anilines is 1. The zero-order chi connectivity index (χ0) is 13.2. The second-order valence-electron chi connectivity index (χ2n) is 5.08. The Morgan fingerprint density at radius 1 is 1.28 bits per heavy atom. The number of rotatable bonds is 3. The van der Waals surface area contributed by atoms with Crippen LogP contribution in [0.25, 0.3) is 11.6 Å². The van der Waals surface area contributed by atoms with Crippen molar-refractivity contribution in [2.75, 3.05) is 11.9 Å². The Bertz CT molecular complexity index is 512. The Hall–Kier alpha value is -1.98. The molecule has 2 aromatic heterocycles. The first-order chi connectivity index (χ1) is 8.50. The molecule has 0 saturated heterocycles. The molecule has 2 rings (SSSR count). The van der Waals surface area contributed by atoms with Crippen LogP contribution in [0.15, 0.2) is 12.4 Å². The third-order valence-electron chi connectivity index (χ3n) is 2.48. The molecule has 0 aliphatic rings. The molecule has 0 saturated carbocycles. The van der Waals surface area contributed by atoms with Gasteiger partial charge < -0.3 is 5.32 Å². The fourth-order valence-corrected chi connectivity index (χ4v) is 1.52. The molecule has 6 nitrogen and oxygen atoms in total. The first-order valence-electron chi connectivity index (χ1n) is 6.00. The summed E-state index contributed by atoms with van der Waals surface area (Å²) < 4.78 is 0. The Labute approximate surface area is 106 Å². The first-order valence-corrected chi connectivity index (χ1v) is 6.00. The van der Waals surface area contributed by atoms with Gasteiger partial charge in [0.05, 0.1) is 5.69 Å². The van der Waals surface area contributed by atoms with Gasteiger partial charge in [0.1, 0.15) is 12.1 Å². The maximum absolute atomic E-state index is 4.54. The van der Waals surface area contributed by atoms with Gasteiger partial charge in [-0.25, -0.2) is 15.0 Å². The molecule has 2 heterocycles. The number of nitrogens with one attached hydrogen (secondary N) is 2. The Morgan fingerprint density at radius 3 is 2.61 bits per heavy atom. The standard InChI is InChI=1S/C12H18N6/c1-5-13-9-6-8(12(2,3)4)16-11(17-9)10-14-7-15-18-10/h6-7H,5H2,1-4H3,(H,13,16,17)(H,14,15,18). The normalized spacial score (nSPS) is 11.6. The van der Waals surface area contributed by atoms with Gasteiger partial charge in [-0.15, -0.1) is 0 Å². The van der Waals surface area contributed by atoms with Gasteiger partial charge in [0.25, 0.3) is 0 Å². The molecule has 2 N–H and O–H groups in total. The molecule has 6 heteroatoms. The Morgan fingerprint density at radius 2 is 2.06 bits per heavy atom. The van der Waals surface area contributed by atoms with Gasteiger partial charge in [-0.1, -0.05) is 20.8 Å². The summed E-state index contributed by atoms with van der Waals surface area (Å²) in [6, 6.07) is 1.98. The van der Waals surface area contributed by atoms with E-state index in [9.17, 15) is 0 Å². The van der Waals surface area contributed by atoms with E-state index >= 15 is 0 Å². The molecular formula is C12H18N6. The maximum atomic E-state index is 4.54. The van der Waals surface area contributed by atoms with Crippen molar-refractivity contribution in [1.29, 1.82) is 0 Å². The van der Waals surface area contributed by atoms with Crippen molar-refractivity contribution in [2.45, 2.75) is 33.1 Å². The smallest absolute Gasteiger partial charge is 0.199 e. The minimum atomic E-state index is -0.0398. The molecule has 0 atom stereocenters. The third-order valence-corrected chi connectivity index (χ3v) is 2.48. The summed E-state index contributed by atoms with van der Waals surface area (Å²) in [7, 11) is 0. The van der Waals surface area contributed by atoms with Crippen LogP contribution >= 0.6 is 0 Å². The van der Waals surface area contributed by atoms with Gasteiger partial charge in [0.15, 0.2) is 11.6 Å². The van der Waals surface area contributed by atoms with Crippen LogP contribution in [-0.2, 0) is 5.41 Å². The minimum Gasteiger partial charge on any atom is -0.370 e. The van der Waals surface area contributed by atoms with Crippen molar-refractivity contribution in [3.05, 3.63) is 18.1 Å².